The molecule has 1 saturated heterocycles. The molecule has 1 unspecified atom stereocenters. The van der Waals surface area contributed by atoms with E-state index in [4.69, 9.17) is 5.73 Å². The number of anilines is 2. The Balaban J connectivity index is 2.34. The SMILES string of the molecule is CC1CN(c2ccc(N)cc2C(F)(F)F)CCN1C. The Morgan fingerprint density at radius 3 is 2.53 bits per heavy atom. The quantitative estimate of drug-likeness (QED) is 0.798. The molecule has 3 nitrogen and oxygen atoms in total. The fraction of sp³-hybridized carbons (Fsp3) is 0.538. The zero-order chi connectivity index (χ0) is 14.2. The molecule has 1 aromatic rings. The van der Waals surface area contributed by atoms with E-state index in [1.165, 1.54) is 12.1 Å². The van der Waals surface area contributed by atoms with E-state index in [9.17, 15) is 13.2 Å². The van der Waals surface area contributed by atoms with Crippen molar-refractivity contribution >= 4 is 11.4 Å². The van der Waals surface area contributed by atoms with Crippen molar-refractivity contribution in [3.63, 3.8) is 0 Å². The van der Waals surface area contributed by atoms with Gasteiger partial charge in [-0.05, 0) is 32.2 Å². The topological polar surface area (TPSA) is 32.5 Å². The highest BCUT2D eigenvalue weighted by atomic mass is 19.4. The summed E-state index contributed by atoms with van der Waals surface area (Å²) >= 11 is 0. The average molecular weight is 273 g/mol. The predicted molar refractivity (Wildman–Crippen MR) is 70.2 cm³/mol. The van der Waals surface area contributed by atoms with E-state index >= 15 is 0 Å². The van der Waals surface area contributed by atoms with Crippen LogP contribution < -0.4 is 10.6 Å². The molecule has 0 aliphatic carbocycles. The van der Waals surface area contributed by atoms with E-state index in [1.54, 1.807) is 4.90 Å². The Labute approximate surface area is 110 Å². The molecule has 1 aliphatic rings. The number of alkyl halides is 3. The van der Waals surface area contributed by atoms with E-state index in [1.807, 2.05) is 14.0 Å². The van der Waals surface area contributed by atoms with Gasteiger partial charge >= 0.3 is 6.18 Å². The number of nitrogen functional groups attached to an aromatic ring is 1. The molecule has 0 amide bonds. The molecule has 1 aliphatic heterocycles. The second-order valence-electron chi connectivity index (χ2n) is 5.05. The molecular formula is C13H18F3N3. The second kappa shape index (κ2) is 4.92. The van der Waals surface area contributed by atoms with E-state index in [2.05, 4.69) is 4.90 Å². The van der Waals surface area contributed by atoms with Crippen LogP contribution in [0.25, 0.3) is 0 Å². The first-order chi connectivity index (χ1) is 8.79. The van der Waals surface area contributed by atoms with Gasteiger partial charge in [0.15, 0.2) is 0 Å². The number of likely N-dealkylation sites (N-methyl/N-ethyl adjacent to an activating group) is 1. The summed E-state index contributed by atoms with van der Waals surface area (Å²) < 4.78 is 39.2. The fourth-order valence-electron chi connectivity index (χ4n) is 2.32. The molecular weight excluding hydrogens is 255 g/mol. The summed E-state index contributed by atoms with van der Waals surface area (Å²) in [6.45, 7) is 3.94. The van der Waals surface area contributed by atoms with Gasteiger partial charge in [0.05, 0.1) is 5.56 Å². The van der Waals surface area contributed by atoms with Crippen molar-refractivity contribution in [2.45, 2.75) is 19.1 Å². The minimum Gasteiger partial charge on any atom is -0.399 e. The van der Waals surface area contributed by atoms with Gasteiger partial charge in [0.2, 0.25) is 0 Å². The molecule has 19 heavy (non-hydrogen) atoms. The van der Waals surface area contributed by atoms with Gasteiger partial charge in [-0.15, -0.1) is 0 Å². The smallest absolute Gasteiger partial charge is 0.399 e. The second-order valence-corrected chi connectivity index (χ2v) is 5.05. The van der Waals surface area contributed by atoms with Crippen molar-refractivity contribution in [3.8, 4) is 0 Å². The number of benzene rings is 1. The van der Waals surface area contributed by atoms with Gasteiger partial charge < -0.3 is 15.5 Å². The molecule has 0 radical (unpaired) electrons. The van der Waals surface area contributed by atoms with E-state index in [0.29, 0.717) is 13.1 Å². The van der Waals surface area contributed by atoms with Crippen LogP contribution in [0.2, 0.25) is 0 Å². The third-order valence-corrected chi connectivity index (χ3v) is 3.63. The lowest BCUT2D eigenvalue weighted by molar-refractivity contribution is -0.137. The normalized spacial score (nSPS) is 21.7. The van der Waals surface area contributed by atoms with Crippen LogP contribution in [0.4, 0.5) is 24.5 Å². The molecule has 0 aromatic heterocycles. The van der Waals surface area contributed by atoms with Crippen LogP contribution in [0.5, 0.6) is 0 Å². The van der Waals surface area contributed by atoms with Crippen LogP contribution in [0.1, 0.15) is 12.5 Å². The van der Waals surface area contributed by atoms with Crippen molar-refractivity contribution in [1.29, 1.82) is 0 Å². The van der Waals surface area contributed by atoms with Gasteiger partial charge in [-0.2, -0.15) is 13.2 Å². The number of nitrogens with two attached hydrogens (primary N) is 1. The van der Waals surface area contributed by atoms with Gasteiger partial charge in [-0.1, -0.05) is 0 Å². The Bertz CT molecular complexity index is 459. The van der Waals surface area contributed by atoms with Crippen LogP contribution in [-0.4, -0.2) is 37.6 Å². The van der Waals surface area contributed by atoms with Gasteiger partial charge in [0, 0.05) is 37.1 Å². The van der Waals surface area contributed by atoms with Crippen LogP contribution in [-0.2, 0) is 6.18 Å². The molecule has 2 N–H and O–H groups in total. The van der Waals surface area contributed by atoms with Gasteiger partial charge in [-0.25, -0.2) is 0 Å². The summed E-state index contributed by atoms with van der Waals surface area (Å²) in [5.41, 5.74) is 5.19. The average Bonchev–Trinajstić information content (AvgIpc) is 2.32. The maximum Gasteiger partial charge on any atom is 0.418 e. The highest BCUT2D eigenvalue weighted by Crippen LogP contribution is 2.38. The molecule has 0 bridgehead atoms. The van der Waals surface area contributed by atoms with Crippen molar-refractivity contribution in [1.82, 2.24) is 4.90 Å². The molecule has 1 heterocycles. The first-order valence-electron chi connectivity index (χ1n) is 6.21. The maximum atomic E-state index is 13.1. The molecule has 6 heteroatoms. The third kappa shape index (κ3) is 2.94. The van der Waals surface area contributed by atoms with Gasteiger partial charge in [-0.3, -0.25) is 0 Å². The van der Waals surface area contributed by atoms with E-state index in [0.717, 1.165) is 12.6 Å². The first-order valence-corrected chi connectivity index (χ1v) is 6.21. The fourth-order valence-corrected chi connectivity index (χ4v) is 2.32. The predicted octanol–water partition coefficient (Wildman–Crippen LogP) is 2.43. The summed E-state index contributed by atoms with van der Waals surface area (Å²) in [6, 6.07) is 4.23. The van der Waals surface area contributed by atoms with Crippen LogP contribution in [0.15, 0.2) is 18.2 Å². The summed E-state index contributed by atoms with van der Waals surface area (Å²) in [5.74, 6) is 0. The summed E-state index contributed by atoms with van der Waals surface area (Å²) in [6.07, 6.45) is -4.38. The molecule has 1 atom stereocenters. The third-order valence-electron chi connectivity index (χ3n) is 3.63. The molecule has 1 fully saturated rings. The first kappa shape index (κ1) is 14.0. The summed E-state index contributed by atoms with van der Waals surface area (Å²) in [5, 5.41) is 0. The zero-order valence-electron chi connectivity index (χ0n) is 11.0. The Kier molecular flexibility index (Phi) is 3.62. The number of nitrogens with zero attached hydrogens (tertiary/aromatic N) is 2. The Morgan fingerprint density at radius 2 is 1.95 bits per heavy atom. The highest BCUT2D eigenvalue weighted by molar-refractivity contribution is 5.61. The van der Waals surface area contributed by atoms with Crippen LogP contribution in [0.3, 0.4) is 0 Å². The number of piperazine rings is 1. The monoisotopic (exact) mass is 273 g/mol. The van der Waals surface area contributed by atoms with Crippen molar-refractivity contribution in [2.75, 3.05) is 37.3 Å². The zero-order valence-corrected chi connectivity index (χ0v) is 11.0. The largest absolute Gasteiger partial charge is 0.418 e. The Morgan fingerprint density at radius 1 is 1.26 bits per heavy atom. The van der Waals surface area contributed by atoms with E-state index in [-0.39, 0.29) is 17.4 Å². The lowest BCUT2D eigenvalue weighted by Gasteiger charge is -2.39. The molecule has 106 valence electrons. The van der Waals surface area contributed by atoms with Gasteiger partial charge in [0.25, 0.3) is 0 Å². The summed E-state index contributed by atoms with van der Waals surface area (Å²) in [4.78, 5) is 3.92. The van der Waals surface area contributed by atoms with Crippen LogP contribution in [0, 0.1) is 0 Å². The van der Waals surface area contributed by atoms with Crippen molar-refractivity contribution < 1.29 is 13.2 Å². The van der Waals surface area contributed by atoms with Crippen molar-refractivity contribution in [2.24, 2.45) is 0 Å². The lowest BCUT2D eigenvalue weighted by Crippen LogP contribution is -2.50. The highest BCUT2D eigenvalue weighted by Gasteiger charge is 2.36. The number of halogens is 3. The number of hydrogen-bond acceptors (Lipinski definition) is 3. The van der Waals surface area contributed by atoms with Crippen molar-refractivity contribution in [3.05, 3.63) is 23.8 Å². The standard InChI is InChI=1S/C13H18F3N3/c1-9-8-19(6-5-18(9)2)12-4-3-10(17)7-11(12)13(14,15)16/h3-4,7,9H,5-6,8,17H2,1-2H3. The minimum atomic E-state index is -4.38. The molecule has 0 spiro atoms. The van der Waals surface area contributed by atoms with Crippen LogP contribution >= 0.6 is 0 Å². The lowest BCUT2D eigenvalue weighted by atomic mass is 10.1. The van der Waals surface area contributed by atoms with Gasteiger partial charge in [0.1, 0.15) is 0 Å². The molecule has 2 rings (SSSR count). The molecule has 0 saturated carbocycles. The molecule has 1 aromatic carbocycles. The maximum absolute atomic E-state index is 13.1. The Hall–Kier alpha value is -1.43. The van der Waals surface area contributed by atoms with E-state index < -0.39 is 11.7 Å². The number of hydrogen-bond donors (Lipinski definition) is 1. The minimum absolute atomic E-state index is 0.137. The summed E-state index contributed by atoms with van der Waals surface area (Å²) in [7, 11) is 1.98. The number of rotatable bonds is 1.